The largest absolute Gasteiger partial charge is 0.490 e. The van der Waals surface area contributed by atoms with E-state index in [-0.39, 0.29) is 60.7 Å². The summed E-state index contributed by atoms with van der Waals surface area (Å²) in [4.78, 5) is 27.3. The van der Waals surface area contributed by atoms with E-state index >= 15 is 0 Å². The molecule has 1 saturated heterocycles. The second kappa shape index (κ2) is 10.8. The van der Waals surface area contributed by atoms with Gasteiger partial charge in [-0.25, -0.2) is 12.8 Å². The molecule has 0 bridgehead atoms. The number of ether oxygens (including phenoxy) is 2. The summed E-state index contributed by atoms with van der Waals surface area (Å²) in [6.07, 6.45) is 0.494. The third-order valence-corrected chi connectivity index (χ3v) is 7.82. The summed E-state index contributed by atoms with van der Waals surface area (Å²) in [7, 11) is -1.81. The molecule has 1 fully saturated rings. The molecule has 2 aromatic carbocycles. The number of anilines is 1. The minimum atomic E-state index is -3.49. The van der Waals surface area contributed by atoms with Crippen molar-refractivity contribution in [3.63, 3.8) is 0 Å². The fraction of sp³-hybridized carbons (Fsp3) is 0.440. The summed E-state index contributed by atoms with van der Waals surface area (Å²) < 4.78 is 52.2. The molecule has 2 aliphatic heterocycles. The highest BCUT2D eigenvalue weighted by molar-refractivity contribution is 7.92. The van der Waals surface area contributed by atoms with Crippen LogP contribution in [-0.4, -0.2) is 62.8 Å². The molecule has 2 aliphatic rings. The molecule has 2 aromatic rings. The van der Waals surface area contributed by atoms with Gasteiger partial charge in [0, 0.05) is 24.8 Å². The molecule has 0 unspecified atom stereocenters. The van der Waals surface area contributed by atoms with Gasteiger partial charge in [0.2, 0.25) is 15.9 Å². The fourth-order valence-electron chi connectivity index (χ4n) is 4.46. The summed E-state index contributed by atoms with van der Waals surface area (Å²) in [6.45, 7) is 1.79. The van der Waals surface area contributed by atoms with E-state index in [0.717, 1.165) is 0 Å². The lowest BCUT2D eigenvalue weighted by molar-refractivity contribution is -0.134. The molecule has 2 N–H and O–H groups in total. The second-order valence-electron chi connectivity index (χ2n) is 8.96. The first-order valence-electron chi connectivity index (χ1n) is 11.9. The standard InChI is InChI=1S/C25H30FN3O6S/c1-3-36(32,33)28-17-8-11-22-19(12-17)25(31)29(2)21-10-9-18(35-23(21)15-34-22)13-24(30)27-14-16-6-4-5-7-20(16)26/h4-8,11-12,18,21,23,28H,3,9-10,13-15H2,1-2H3,(H,27,30)/t18-,21+,23+/m0/s1. The van der Waals surface area contributed by atoms with Crippen LogP contribution in [0.15, 0.2) is 42.5 Å². The lowest BCUT2D eigenvalue weighted by Crippen LogP contribution is -2.53. The average molecular weight is 520 g/mol. The number of halogens is 1. The molecule has 194 valence electrons. The molecular weight excluding hydrogens is 489 g/mol. The van der Waals surface area contributed by atoms with Gasteiger partial charge in [0.25, 0.3) is 5.91 Å². The maximum absolute atomic E-state index is 13.8. The van der Waals surface area contributed by atoms with Crippen molar-refractivity contribution < 1.29 is 31.9 Å². The molecule has 3 atom stereocenters. The van der Waals surface area contributed by atoms with Crippen molar-refractivity contribution in [2.75, 3.05) is 24.1 Å². The van der Waals surface area contributed by atoms with E-state index in [1.54, 1.807) is 42.3 Å². The minimum Gasteiger partial charge on any atom is -0.490 e. The van der Waals surface area contributed by atoms with Crippen LogP contribution in [0.25, 0.3) is 0 Å². The zero-order valence-electron chi connectivity index (χ0n) is 20.2. The van der Waals surface area contributed by atoms with E-state index < -0.39 is 16.1 Å². The quantitative estimate of drug-likeness (QED) is 0.582. The van der Waals surface area contributed by atoms with Gasteiger partial charge in [0.1, 0.15) is 24.3 Å². The SMILES string of the molecule is CCS(=O)(=O)Nc1ccc2c(c1)C(=O)N(C)[C@@H]1CC[C@@H](CC(=O)NCc3ccccc3F)O[C@@H]1CO2. The van der Waals surface area contributed by atoms with Gasteiger partial charge in [0.15, 0.2) is 0 Å². The Kier molecular flexibility index (Phi) is 7.79. The highest BCUT2D eigenvalue weighted by atomic mass is 32.2. The van der Waals surface area contributed by atoms with Crippen LogP contribution in [0.1, 0.15) is 42.1 Å². The number of carbonyl (C=O) groups is 2. The van der Waals surface area contributed by atoms with Crippen molar-refractivity contribution in [1.82, 2.24) is 10.2 Å². The number of sulfonamides is 1. The van der Waals surface area contributed by atoms with E-state index in [0.29, 0.717) is 29.8 Å². The van der Waals surface area contributed by atoms with Gasteiger partial charge in [-0.2, -0.15) is 0 Å². The van der Waals surface area contributed by atoms with Gasteiger partial charge < -0.3 is 19.7 Å². The van der Waals surface area contributed by atoms with Crippen LogP contribution < -0.4 is 14.8 Å². The van der Waals surface area contributed by atoms with E-state index in [9.17, 15) is 22.4 Å². The van der Waals surface area contributed by atoms with E-state index in [1.807, 2.05) is 0 Å². The molecule has 0 aliphatic carbocycles. The smallest absolute Gasteiger partial charge is 0.257 e. The van der Waals surface area contributed by atoms with Gasteiger partial charge in [-0.3, -0.25) is 14.3 Å². The van der Waals surface area contributed by atoms with Crippen LogP contribution in [0, 0.1) is 5.82 Å². The highest BCUT2D eigenvalue weighted by Crippen LogP contribution is 2.32. The van der Waals surface area contributed by atoms with Crippen molar-refractivity contribution in [2.45, 2.75) is 51.0 Å². The first kappa shape index (κ1) is 25.9. The van der Waals surface area contributed by atoms with E-state index in [2.05, 4.69) is 10.0 Å². The summed E-state index contributed by atoms with van der Waals surface area (Å²) in [5, 5.41) is 2.73. The van der Waals surface area contributed by atoms with Crippen molar-refractivity contribution in [2.24, 2.45) is 0 Å². The van der Waals surface area contributed by atoms with Gasteiger partial charge in [0.05, 0.1) is 29.9 Å². The maximum atomic E-state index is 13.8. The maximum Gasteiger partial charge on any atom is 0.257 e. The number of hydrogen-bond donors (Lipinski definition) is 2. The van der Waals surface area contributed by atoms with Crippen molar-refractivity contribution in [3.05, 3.63) is 59.4 Å². The Balaban J connectivity index is 1.40. The molecule has 0 radical (unpaired) electrons. The van der Waals surface area contributed by atoms with Crippen molar-refractivity contribution >= 4 is 27.5 Å². The van der Waals surface area contributed by atoms with Gasteiger partial charge >= 0.3 is 0 Å². The monoisotopic (exact) mass is 519 g/mol. The first-order chi connectivity index (χ1) is 17.2. The molecule has 11 heteroatoms. The van der Waals surface area contributed by atoms with Crippen LogP contribution in [0.2, 0.25) is 0 Å². The molecule has 4 rings (SSSR count). The number of amides is 2. The Bertz CT molecular complexity index is 1240. The first-order valence-corrected chi connectivity index (χ1v) is 13.5. The van der Waals surface area contributed by atoms with Gasteiger partial charge in [-0.15, -0.1) is 0 Å². The lowest BCUT2D eigenvalue weighted by Gasteiger charge is -2.42. The van der Waals surface area contributed by atoms with Gasteiger partial charge in [-0.05, 0) is 44.0 Å². The zero-order valence-corrected chi connectivity index (χ0v) is 21.0. The Labute approximate surface area is 210 Å². The third kappa shape index (κ3) is 5.96. The number of nitrogens with one attached hydrogen (secondary N) is 2. The van der Waals surface area contributed by atoms with Crippen molar-refractivity contribution in [3.8, 4) is 5.75 Å². The molecule has 0 saturated carbocycles. The molecule has 0 spiro atoms. The molecule has 0 aromatic heterocycles. The van der Waals surface area contributed by atoms with Crippen LogP contribution in [-0.2, 0) is 26.1 Å². The van der Waals surface area contributed by atoms with Crippen LogP contribution >= 0.6 is 0 Å². The van der Waals surface area contributed by atoms with Crippen LogP contribution in [0.5, 0.6) is 5.75 Å². The lowest BCUT2D eigenvalue weighted by atomic mass is 9.94. The van der Waals surface area contributed by atoms with E-state index in [1.165, 1.54) is 19.1 Å². The number of benzene rings is 2. The number of fused-ring (bicyclic) bond motifs is 2. The topological polar surface area (TPSA) is 114 Å². The minimum absolute atomic E-state index is 0.0855. The Morgan fingerprint density at radius 2 is 1.97 bits per heavy atom. The molecule has 9 nitrogen and oxygen atoms in total. The van der Waals surface area contributed by atoms with Crippen LogP contribution in [0.4, 0.5) is 10.1 Å². The number of likely N-dealkylation sites (N-methyl/N-ethyl adjacent to an activating group) is 1. The number of hydrogen-bond acceptors (Lipinski definition) is 6. The number of nitrogens with zero attached hydrogens (tertiary/aromatic N) is 1. The van der Waals surface area contributed by atoms with Crippen molar-refractivity contribution in [1.29, 1.82) is 0 Å². The predicted molar refractivity (Wildman–Crippen MR) is 132 cm³/mol. The zero-order chi connectivity index (χ0) is 25.9. The summed E-state index contributed by atoms with van der Waals surface area (Å²) in [6, 6.07) is 10.6. The number of rotatable bonds is 7. The molecule has 2 heterocycles. The molecular formula is C25H30FN3O6S. The fourth-order valence-corrected chi connectivity index (χ4v) is 5.09. The Hall–Kier alpha value is -3.18. The summed E-state index contributed by atoms with van der Waals surface area (Å²) in [5.41, 5.74) is 0.967. The average Bonchev–Trinajstić information content (AvgIpc) is 2.86. The third-order valence-electron chi connectivity index (χ3n) is 6.51. The molecule has 2 amide bonds. The normalized spacial score (nSPS) is 21.9. The Morgan fingerprint density at radius 1 is 1.19 bits per heavy atom. The van der Waals surface area contributed by atoms with Gasteiger partial charge in [-0.1, -0.05) is 18.2 Å². The van der Waals surface area contributed by atoms with Crippen LogP contribution in [0.3, 0.4) is 0 Å². The summed E-state index contributed by atoms with van der Waals surface area (Å²) >= 11 is 0. The Morgan fingerprint density at radius 3 is 2.72 bits per heavy atom. The molecule has 36 heavy (non-hydrogen) atoms. The van der Waals surface area contributed by atoms with E-state index in [4.69, 9.17) is 9.47 Å². The number of carbonyl (C=O) groups excluding carboxylic acids is 2. The predicted octanol–water partition coefficient (Wildman–Crippen LogP) is 2.67. The highest BCUT2D eigenvalue weighted by Gasteiger charge is 2.39. The second-order valence-corrected chi connectivity index (χ2v) is 11.0. The summed E-state index contributed by atoms with van der Waals surface area (Å²) in [5.74, 6) is -0.674.